The van der Waals surface area contributed by atoms with Crippen LogP contribution in [0.15, 0.2) is 18.3 Å². The molecule has 0 aromatic carbocycles. The van der Waals surface area contributed by atoms with Gasteiger partial charge in [0, 0.05) is 19.8 Å². The van der Waals surface area contributed by atoms with Gasteiger partial charge in [-0.25, -0.2) is 4.98 Å². The van der Waals surface area contributed by atoms with Crippen LogP contribution in [0.4, 0.5) is 5.82 Å². The van der Waals surface area contributed by atoms with Crippen LogP contribution in [-0.4, -0.2) is 23.7 Å². The van der Waals surface area contributed by atoms with Crippen molar-refractivity contribution in [2.45, 2.75) is 26.4 Å². The summed E-state index contributed by atoms with van der Waals surface area (Å²) in [6.07, 6.45) is 2.40. The first-order chi connectivity index (χ1) is 6.65. The Labute approximate surface area is 85.4 Å². The van der Waals surface area contributed by atoms with Crippen molar-refractivity contribution in [3.8, 4) is 0 Å². The van der Waals surface area contributed by atoms with Crippen LogP contribution in [0.5, 0.6) is 0 Å². The van der Waals surface area contributed by atoms with Crippen LogP contribution in [-0.2, 0) is 0 Å². The average molecular weight is 194 g/mol. The molecule has 1 rings (SSSR count). The Kier molecular flexibility index (Phi) is 3.89. The van der Waals surface area contributed by atoms with E-state index in [0.717, 1.165) is 24.3 Å². The molecule has 0 amide bonds. The summed E-state index contributed by atoms with van der Waals surface area (Å²) < 4.78 is 0. The summed E-state index contributed by atoms with van der Waals surface area (Å²) in [7, 11) is 2.02. The van der Waals surface area contributed by atoms with E-state index >= 15 is 0 Å². The molecule has 3 nitrogen and oxygen atoms in total. The molecule has 0 saturated heterocycles. The Bertz CT molecular complexity index is 269. The molecule has 0 spiro atoms. The maximum Gasteiger partial charge on any atom is 0.128 e. The molecule has 1 atom stereocenters. The number of rotatable bonds is 4. The molecule has 14 heavy (non-hydrogen) atoms. The number of nitrogens with zero attached hydrogens (tertiary/aromatic N) is 2. The van der Waals surface area contributed by atoms with Crippen LogP contribution in [0.2, 0.25) is 0 Å². The maximum atomic E-state index is 9.30. The number of hydrogen-bond acceptors (Lipinski definition) is 3. The Balaban J connectivity index is 2.72. The van der Waals surface area contributed by atoms with Gasteiger partial charge in [0.05, 0.1) is 6.10 Å². The smallest absolute Gasteiger partial charge is 0.128 e. The lowest BCUT2D eigenvalue weighted by atomic mass is 10.2. The first-order valence-electron chi connectivity index (χ1n) is 5.00. The van der Waals surface area contributed by atoms with E-state index < -0.39 is 6.10 Å². The Morgan fingerprint density at radius 2 is 2.21 bits per heavy atom. The lowest BCUT2D eigenvalue weighted by Gasteiger charge is -2.17. The molecule has 1 heterocycles. The van der Waals surface area contributed by atoms with Gasteiger partial charge >= 0.3 is 0 Å². The van der Waals surface area contributed by atoms with Crippen LogP contribution >= 0.6 is 0 Å². The van der Waals surface area contributed by atoms with Gasteiger partial charge in [-0.05, 0) is 25.0 Å². The van der Waals surface area contributed by atoms with Crippen LogP contribution in [0, 0.1) is 0 Å². The van der Waals surface area contributed by atoms with Crippen molar-refractivity contribution in [1.29, 1.82) is 0 Å². The highest BCUT2D eigenvalue weighted by molar-refractivity contribution is 5.38. The lowest BCUT2D eigenvalue weighted by Crippen LogP contribution is -2.18. The number of anilines is 1. The van der Waals surface area contributed by atoms with Crippen molar-refractivity contribution >= 4 is 5.82 Å². The van der Waals surface area contributed by atoms with Gasteiger partial charge in [0.1, 0.15) is 5.82 Å². The molecular weight excluding hydrogens is 176 g/mol. The van der Waals surface area contributed by atoms with Gasteiger partial charge in [-0.15, -0.1) is 0 Å². The first kappa shape index (κ1) is 11.0. The SMILES string of the molecule is CCCN(C)c1ccc(C(C)O)cn1. The van der Waals surface area contributed by atoms with Crippen molar-refractivity contribution in [2.75, 3.05) is 18.5 Å². The fourth-order valence-electron chi connectivity index (χ4n) is 1.32. The van der Waals surface area contributed by atoms with E-state index in [2.05, 4.69) is 16.8 Å². The van der Waals surface area contributed by atoms with E-state index in [0.29, 0.717) is 0 Å². The predicted octanol–water partition coefficient (Wildman–Crippen LogP) is 1.98. The minimum atomic E-state index is -0.437. The molecule has 1 aromatic heterocycles. The van der Waals surface area contributed by atoms with E-state index in [4.69, 9.17) is 0 Å². The molecule has 78 valence electrons. The van der Waals surface area contributed by atoms with Crippen molar-refractivity contribution in [3.05, 3.63) is 23.9 Å². The third-order valence-electron chi connectivity index (χ3n) is 2.20. The highest BCUT2D eigenvalue weighted by Gasteiger charge is 2.03. The molecule has 3 heteroatoms. The molecule has 0 fully saturated rings. The maximum absolute atomic E-state index is 9.30. The standard InChI is InChI=1S/C11H18N2O/c1-4-7-13(3)11-6-5-10(8-12-11)9(2)14/h5-6,8-9,14H,4,7H2,1-3H3. The van der Waals surface area contributed by atoms with Gasteiger partial charge in [-0.2, -0.15) is 0 Å². The number of aliphatic hydroxyl groups is 1. The molecule has 1 aromatic rings. The Morgan fingerprint density at radius 3 is 2.64 bits per heavy atom. The topological polar surface area (TPSA) is 36.4 Å². The minimum Gasteiger partial charge on any atom is -0.389 e. The number of pyridine rings is 1. The van der Waals surface area contributed by atoms with Gasteiger partial charge in [-0.3, -0.25) is 0 Å². The molecule has 0 saturated carbocycles. The second-order valence-electron chi connectivity index (χ2n) is 3.55. The highest BCUT2D eigenvalue weighted by Crippen LogP contribution is 2.14. The summed E-state index contributed by atoms with van der Waals surface area (Å²) in [5, 5.41) is 9.30. The van der Waals surface area contributed by atoms with Gasteiger partial charge in [0.15, 0.2) is 0 Å². The normalized spacial score (nSPS) is 12.6. The largest absolute Gasteiger partial charge is 0.389 e. The predicted molar refractivity (Wildman–Crippen MR) is 58.4 cm³/mol. The minimum absolute atomic E-state index is 0.437. The Morgan fingerprint density at radius 1 is 1.50 bits per heavy atom. The monoisotopic (exact) mass is 194 g/mol. The molecule has 0 aliphatic heterocycles. The summed E-state index contributed by atoms with van der Waals surface area (Å²) in [5.74, 6) is 0.955. The van der Waals surface area contributed by atoms with Crippen molar-refractivity contribution in [2.24, 2.45) is 0 Å². The summed E-state index contributed by atoms with van der Waals surface area (Å²) in [5.41, 5.74) is 0.860. The zero-order valence-electron chi connectivity index (χ0n) is 9.07. The number of aromatic nitrogens is 1. The number of aliphatic hydroxyl groups excluding tert-OH is 1. The van der Waals surface area contributed by atoms with Crippen molar-refractivity contribution in [3.63, 3.8) is 0 Å². The summed E-state index contributed by atoms with van der Waals surface area (Å²) in [6, 6.07) is 3.86. The molecule has 0 aliphatic carbocycles. The van der Waals surface area contributed by atoms with E-state index in [-0.39, 0.29) is 0 Å². The van der Waals surface area contributed by atoms with Crippen LogP contribution in [0.25, 0.3) is 0 Å². The highest BCUT2D eigenvalue weighted by atomic mass is 16.3. The third-order valence-corrected chi connectivity index (χ3v) is 2.20. The van der Waals surface area contributed by atoms with E-state index in [1.807, 2.05) is 19.2 Å². The molecule has 1 unspecified atom stereocenters. The van der Waals surface area contributed by atoms with Crippen LogP contribution in [0.3, 0.4) is 0 Å². The lowest BCUT2D eigenvalue weighted by molar-refractivity contribution is 0.199. The fraction of sp³-hybridized carbons (Fsp3) is 0.545. The van der Waals surface area contributed by atoms with Gasteiger partial charge in [0.2, 0.25) is 0 Å². The van der Waals surface area contributed by atoms with Crippen molar-refractivity contribution < 1.29 is 5.11 Å². The van der Waals surface area contributed by atoms with E-state index in [9.17, 15) is 5.11 Å². The van der Waals surface area contributed by atoms with Crippen LogP contribution in [0.1, 0.15) is 31.9 Å². The van der Waals surface area contributed by atoms with E-state index in [1.54, 1.807) is 13.1 Å². The number of hydrogen-bond donors (Lipinski definition) is 1. The zero-order valence-corrected chi connectivity index (χ0v) is 9.07. The van der Waals surface area contributed by atoms with Gasteiger partial charge < -0.3 is 10.0 Å². The van der Waals surface area contributed by atoms with Gasteiger partial charge in [-0.1, -0.05) is 13.0 Å². The quantitative estimate of drug-likeness (QED) is 0.796. The van der Waals surface area contributed by atoms with Crippen molar-refractivity contribution in [1.82, 2.24) is 4.98 Å². The Hall–Kier alpha value is -1.09. The van der Waals surface area contributed by atoms with Gasteiger partial charge in [0.25, 0.3) is 0 Å². The fourth-order valence-corrected chi connectivity index (χ4v) is 1.32. The molecule has 0 bridgehead atoms. The van der Waals surface area contributed by atoms with Crippen LogP contribution < -0.4 is 4.90 Å². The second kappa shape index (κ2) is 4.96. The van der Waals surface area contributed by atoms with E-state index in [1.165, 1.54) is 0 Å². The summed E-state index contributed by atoms with van der Waals surface area (Å²) in [4.78, 5) is 6.39. The summed E-state index contributed by atoms with van der Waals surface area (Å²) >= 11 is 0. The zero-order chi connectivity index (χ0) is 10.6. The third kappa shape index (κ3) is 2.70. The average Bonchev–Trinajstić information content (AvgIpc) is 2.18. The first-order valence-corrected chi connectivity index (χ1v) is 5.00. The molecule has 1 N–H and O–H groups in total. The second-order valence-corrected chi connectivity index (χ2v) is 3.55. The molecule has 0 radical (unpaired) electrons. The molecule has 0 aliphatic rings. The molecular formula is C11H18N2O. The summed E-state index contributed by atoms with van der Waals surface area (Å²) in [6.45, 7) is 4.88.